The van der Waals surface area contributed by atoms with Crippen LogP contribution in [0.5, 0.6) is 0 Å². The monoisotopic (exact) mass is 290 g/mol. The van der Waals surface area contributed by atoms with Crippen LogP contribution in [0.3, 0.4) is 0 Å². The highest BCUT2D eigenvalue weighted by Crippen LogP contribution is 2.36. The molecular formula is C16H22N2O3. The van der Waals surface area contributed by atoms with Gasteiger partial charge >= 0.3 is 5.97 Å². The molecule has 1 fully saturated rings. The van der Waals surface area contributed by atoms with Crippen molar-refractivity contribution in [2.24, 2.45) is 5.41 Å². The van der Waals surface area contributed by atoms with Gasteiger partial charge in [-0.05, 0) is 38.3 Å². The Bertz CT molecular complexity index is 544. The van der Waals surface area contributed by atoms with Gasteiger partial charge in [0, 0.05) is 12.2 Å². The molecule has 21 heavy (non-hydrogen) atoms. The largest absolute Gasteiger partial charge is 0.481 e. The number of aliphatic carboxylic acids is 1. The Kier molecular flexibility index (Phi) is 4.60. The van der Waals surface area contributed by atoms with Crippen LogP contribution < -0.4 is 5.32 Å². The summed E-state index contributed by atoms with van der Waals surface area (Å²) in [6, 6.07) is 3.44. The first-order chi connectivity index (χ1) is 9.93. The van der Waals surface area contributed by atoms with E-state index in [1.54, 1.807) is 13.1 Å². The number of amides is 1. The first kappa shape index (κ1) is 15.5. The number of aryl methyl sites for hydroxylation is 1. The Labute approximate surface area is 124 Å². The average Bonchev–Trinajstić information content (AvgIpc) is 2.44. The lowest BCUT2D eigenvalue weighted by Crippen LogP contribution is -2.52. The van der Waals surface area contributed by atoms with Gasteiger partial charge in [0.05, 0.1) is 17.5 Å². The second kappa shape index (κ2) is 6.24. The average molecular weight is 290 g/mol. The van der Waals surface area contributed by atoms with E-state index in [4.69, 9.17) is 0 Å². The van der Waals surface area contributed by atoms with Crippen molar-refractivity contribution >= 4 is 11.9 Å². The summed E-state index contributed by atoms with van der Waals surface area (Å²) in [7, 11) is 0. The Morgan fingerprint density at radius 2 is 2.24 bits per heavy atom. The first-order valence-electron chi connectivity index (χ1n) is 7.37. The summed E-state index contributed by atoms with van der Waals surface area (Å²) in [5.74, 6) is -0.988. The molecular weight excluding hydrogens is 268 g/mol. The van der Waals surface area contributed by atoms with E-state index in [2.05, 4.69) is 10.3 Å². The topological polar surface area (TPSA) is 79.3 Å². The number of carbonyl (C=O) groups excluding carboxylic acids is 1. The van der Waals surface area contributed by atoms with E-state index in [0.29, 0.717) is 6.42 Å². The zero-order valence-electron chi connectivity index (χ0n) is 12.6. The van der Waals surface area contributed by atoms with Crippen LogP contribution in [0.4, 0.5) is 0 Å². The van der Waals surface area contributed by atoms with Crippen LogP contribution in [0.2, 0.25) is 0 Å². The number of nitrogens with zero attached hydrogens (tertiary/aromatic N) is 1. The number of carbonyl (C=O) groups is 2. The lowest BCUT2D eigenvalue weighted by Gasteiger charge is -2.38. The molecule has 2 rings (SSSR count). The van der Waals surface area contributed by atoms with Crippen LogP contribution >= 0.6 is 0 Å². The van der Waals surface area contributed by atoms with Gasteiger partial charge in [-0.2, -0.15) is 0 Å². The van der Waals surface area contributed by atoms with E-state index in [1.807, 2.05) is 19.1 Å². The summed E-state index contributed by atoms with van der Waals surface area (Å²) in [6.07, 6.45) is 5.03. The predicted molar refractivity (Wildman–Crippen MR) is 78.8 cm³/mol. The minimum atomic E-state index is -0.868. The van der Waals surface area contributed by atoms with Gasteiger partial charge in [-0.15, -0.1) is 0 Å². The zero-order valence-corrected chi connectivity index (χ0v) is 12.6. The van der Waals surface area contributed by atoms with Gasteiger partial charge in [-0.25, -0.2) is 0 Å². The van der Waals surface area contributed by atoms with Crippen molar-refractivity contribution in [1.82, 2.24) is 10.3 Å². The van der Waals surface area contributed by atoms with Crippen molar-refractivity contribution in [3.8, 4) is 0 Å². The molecule has 1 aliphatic carbocycles. The highest BCUT2D eigenvalue weighted by atomic mass is 16.4. The molecule has 2 unspecified atom stereocenters. The summed E-state index contributed by atoms with van der Waals surface area (Å²) in [5.41, 5.74) is 0.840. The quantitative estimate of drug-likeness (QED) is 0.890. The third-order valence-electron chi connectivity index (χ3n) is 4.48. The van der Waals surface area contributed by atoms with Gasteiger partial charge in [-0.1, -0.05) is 18.9 Å². The summed E-state index contributed by atoms with van der Waals surface area (Å²) in [5, 5.41) is 12.4. The Morgan fingerprint density at radius 3 is 2.90 bits per heavy atom. The lowest BCUT2D eigenvalue weighted by molar-refractivity contribution is -0.152. The van der Waals surface area contributed by atoms with Gasteiger partial charge in [0.1, 0.15) is 0 Å². The molecule has 1 aliphatic rings. The van der Waals surface area contributed by atoms with E-state index in [-0.39, 0.29) is 18.4 Å². The Balaban J connectivity index is 2.04. The molecule has 1 aromatic rings. The van der Waals surface area contributed by atoms with Crippen molar-refractivity contribution < 1.29 is 14.7 Å². The molecule has 2 atom stereocenters. The maximum absolute atomic E-state index is 12.2. The van der Waals surface area contributed by atoms with Crippen LogP contribution in [-0.4, -0.2) is 28.0 Å². The van der Waals surface area contributed by atoms with E-state index in [1.165, 1.54) is 0 Å². The summed E-state index contributed by atoms with van der Waals surface area (Å²) in [4.78, 5) is 27.9. The van der Waals surface area contributed by atoms with Gasteiger partial charge in [0.25, 0.3) is 0 Å². The molecule has 114 valence electrons. The molecule has 1 amide bonds. The van der Waals surface area contributed by atoms with Crippen LogP contribution in [0.1, 0.15) is 43.9 Å². The number of rotatable bonds is 4. The number of carboxylic acids is 1. The van der Waals surface area contributed by atoms with Gasteiger partial charge in [-0.3, -0.25) is 14.6 Å². The zero-order chi connectivity index (χ0) is 15.5. The van der Waals surface area contributed by atoms with Crippen LogP contribution in [-0.2, 0) is 16.0 Å². The number of carboxylic acid groups (broad SMARTS) is 1. The SMILES string of the molecule is Cc1cccnc1CC(=O)NC1CCCCC1(C)C(=O)O. The Hall–Kier alpha value is -1.91. The van der Waals surface area contributed by atoms with Crippen LogP contribution in [0, 0.1) is 12.3 Å². The molecule has 1 heterocycles. The minimum absolute atomic E-state index is 0.156. The number of nitrogens with one attached hydrogen (secondary N) is 1. The Morgan fingerprint density at radius 1 is 1.48 bits per heavy atom. The van der Waals surface area contributed by atoms with Crippen molar-refractivity contribution in [2.45, 2.75) is 52.0 Å². The molecule has 0 bridgehead atoms. The maximum Gasteiger partial charge on any atom is 0.311 e. The van der Waals surface area contributed by atoms with Crippen LogP contribution in [0.15, 0.2) is 18.3 Å². The van der Waals surface area contributed by atoms with E-state index >= 15 is 0 Å². The second-order valence-corrected chi connectivity index (χ2v) is 6.03. The van der Waals surface area contributed by atoms with Crippen LogP contribution in [0.25, 0.3) is 0 Å². The number of hydrogen-bond acceptors (Lipinski definition) is 3. The van der Waals surface area contributed by atoms with E-state index in [0.717, 1.165) is 30.5 Å². The van der Waals surface area contributed by atoms with E-state index in [9.17, 15) is 14.7 Å². The highest BCUT2D eigenvalue weighted by Gasteiger charge is 2.43. The molecule has 5 nitrogen and oxygen atoms in total. The second-order valence-electron chi connectivity index (χ2n) is 6.03. The molecule has 5 heteroatoms. The van der Waals surface area contributed by atoms with Crippen molar-refractivity contribution in [2.75, 3.05) is 0 Å². The van der Waals surface area contributed by atoms with E-state index < -0.39 is 11.4 Å². The summed E-state index contributed by atoms with van der Waals surface area (Å²) in [6.45, 7) is 3.64. The molecule has 0 aliphatic heterocycles. The molecule has 0 radical (unpaired) electrons. The fourth-order valence-electron chi connectivity index (χ4n) is 2.92. The third kappa shape index (κ3) is 3.40. The maximum atomic E-state index is 12.2. The van der Waals surface area contributed by atoms with Gasteiger partial charge in [0.15, 0.2) is 0 Å². The van der Waals surface area contributed by atoms with Gasteiger partial charge in [0.2, 0.25) is 5.91 Å². The molecule has 1 saturated carbocycles. The highest BCUT2D eigenvalue weighted by molar-refractivity contribution is 5.81. The third-order valence-corrected chi connectivity index (χ3v) is 4.48. The van der Waals surface area contributed by atoms with Crippen molar-refractivity contribution in [1.29, 1.82) is 0 Å². The standard InChI is InChI=1S/C16H22N2O3/c1-11-6-5-9-17-12(11)10-14(19)18-13-7-3-4-8-16(13,2)15(20)21/h5-6,9,13H,3-4,7-8,10H2,1-2H3,(H,18,19)(H,20,21). The van der Waals surface area contributed by atoms with Gasteiger partial charge < -0.3 is 10.4 Å². The summed E-state index contributed by atoms with van der Waals surface area (Å²) < 4.78 is 0. The number of aromatic nitrogens is 1. The molecule has 2 N–H and O–H groups in total. The molecule has 0 spiro atoms. The molecule has 0 aromatic carbocycles. The smallest absolute Gasteiger partial charge is 0.311 e. The lowest BCUT2D eigenvalue weighted by atomic mass is 9.71. The molecule has 1 aromatic heterocycles. The normalized spacial score (nSPS) is 25.3. The molecule has 0 saturated heterocycles. The first-order valence-corrected chi connectivity index (χ1v) is 7.37. The van der Waals surface area contributed by atoms with Crippen molar-refractivity contribution in [3.05, 3.63) is 29.6 Å². The number of pyridine rings is 1. The van der Waals surface area contributed by atoms with Crippen molar-refractivity contribution in [3.63, 3.8) is 0 Å². The predicted octanol–water partition coefficient (Wildman–Crippen LogP) is 2.08. The summed E-state index contributed by atoms with van der Waals surface area (Å²) >= 11 is 0. The minimum Gasteiger partial charge on any atom is -0.481 e. The fraction of sp³-hybridized carbons (Fsp3) is 0.562. The fourth-order valence-corrected chi connectivity index (χ4v) is 2.92. The number of hydrogen-bond donors (Lipinski definition) is 2.